The predicted octanol–water partition coefficient (Wildman–Crippen LogP) is 3.22. The van der Waals surface area contributed by atoms with E-state index in [1.165, 1.54) is 23.6 Å². The maximum absolute atomic E-state index is 11.1. The smallest absolute Gasteiger partial charge is 0.267 e. The Balaban J connectivity index is 1.33. The molecule has 1 amide bonds. The fourth-order valence-corrected chi connectivity index (χ4v) is 4.07. The van der Waals surface area contributed by atoms with Crippen molar-refractivity contribution >= 4 is 12.0 Å². The van der Waals surface area contributed by atoms with E-state index in [9.17, 15) is 4.79 Å². The van der Waals surface area contributed by atoms with Crippen LogP contribution >= 0.6 is 0 Å². The second-order valence-electron chi connectivity index (χ2n) is 7.81. The van der Waals surface area contributed by atoms with E-state index in [1.807, 2.05) is 41.2 Å². The van der Waals surface area contributed by atoms with Crippen molar-refractivity contribution in [2.24, 2.45) is 0 Å². The second kappa shape index (κ2) is 10.1. The number of amides is 1. The van der Waals surface area contributed by atoms with Crippen LogP contribution in [0.3, 0.4) is 0 Å². The van der Waals surface area contributed by atoms with Crippen LogP contribution in [0.15, 0.2) is 66.9 Å². The van der Waals surface area contributed by atoms with E-state index in [4.69, 9.17) is 5.21 Å². The third-order valence-electron chi connectivity index (χ3n) is 5.65. The zero-order chi connectivity index (χ0) is 21.5. The van der Waals surface area contributed by atoms with Gasteiger partial charge in [0.2, 0.25) is 0 Å². The van der Waals surface area contributed by atoms with Crippen LogP contribution in [0.25, 0.3) is 6.08 Å². The Kier molecular flexibility index (Phi) is 6.86. The van der Waals surface area contributed by atoms with E-state index in [0.717, 1.165) is 43.7 Å². The highest BCUT2D eigenvalue weighted by atomic mass is 16.5. The number of hydroxylamine groups is 1. The molecule has 1 aliphatic heterocycles. The van der Waals surface area contributed by atoms with Crippen LogP contribution in [-0.4, -0.2) is 44.1 Å². The lowest BCUT2D eigenvalue weighted by molar-refractivity contribution is -0.124. The quantitative estimate of drug-likeness (QED) is 0.334. The Morgan fingerprint density at radius 2 is 1.97 bits per heavy atom. The molecule has 31 heavy (non-hydrogen) atoms. The normalized spacial score (nSPS) is 16.7. The maximum atomic E-state index is 11.1. The van der Waals surface area contributed by atoms with Gasteiger partial charge in [-0.25, -0.2) is 10.2 Å². The summed E-state index contributed by atoms with van der Waals surface area (Å²) in [7, 11) is 0. The maximum Gasteiger partial charge on any atom is 0.267 e. The number of nitrogens with one attached hydrogen (secondary N) is 1. The van der Waals surface area contributed by atoms with Crippen LogP contribution in [0.2, 0.25) is 0 Å². The summed E-state index contributed by atoms with van der Waals surface area (Å²) in [6.07, 6.45) is 8.24. The van der Waals surface area contributed by atoms with Crippen molar-refractivity contribution in [1.29, 1.82) is 0 Å². The van der Waals surface area contributed by atoms with Gasteiger partial charge in [0, 0.05) is 31.3 Å². The summed E-state index contributed by atoms with van der Waals surface area (Å²) in [5.74, 6) is -0.535. The molecule has 1 unspecified atom stereocenters. The molecule has 4 rings (SSSR count). The van der Waals surface area contributed by atoms with Crippen molar-refractivity contribution in [3.63, 3.8) is 0 Å². The first-order valence-electron chi connectivity index (χ1n) is 10.6. The minimum atomic E-state index is -0.535. The number of hydrogen-bond donors (Lipinski definition) is 2. The SMILES string of the molecule is O=C(/C=C/c1ccc(C2CCCN2CCc2cn(Cc3ccccc3)nn2)cc1)NO. The van der Waals surface area contributed by atoms with Gasteiger partial charge in [0.1, 0.15) is 0 Å². The number of likely N-dealkylation sites (tertiary alicyclic amines) is 1. The van der Waals surface area contributed by atoms with Gasteiger partial charge < -0.3 is 0 Å². The minimum Gasteiger partial charge on any atom is -0.296 e. The molecule has 1 saturated heterocycles. The van der Waals surface area contributed by atoms with Gasteiger partial charge >= 0.3 is 0 Å². The van der Waals surface area contributed by atoms with Crippen LogP contribution in [-0.2, 0) is 17.8 Å². The molecule has 3 aromatic rings. The van der Waals surface area contributed by atoms with Gasteiger partial charge in [-0.05, 0) is 42.2 Å². The highest BCUT2D eigenvalue weighted by molar-refractivity contribution is 5.90. The van der Waals surface area contributed by atoms with Crippen molar-refractivity contribution in [2.45, 2.75) is 31.8 Å². The van der Waals surface area contributed by atoms with Crippen LogP contribution in [0.5, 0.6) is 0 Å². The molecule has 0 radical (unpaired) electrons. The summed E-state index contributed by atoms with van der Waals surface area (Å²) in [5, 5.41) is 17.2. The summed E-state index contributed by atoms with van der Waals surface area (Å²) in [6.45, 7) is 2.77. The summed E-state index contributed by atoms with van der Waals surface area (Å²) in [5.41, 5.74) is 6.04. The van der Waals surface area contributed by atoms with E-state index in [-0.39, 0.29) is 0 Å². The standard InChI is InChI=1S/C24H27N5O2/c30-24(26-31)13-10-19-8-11-21(12-9-19)23-7-4-15-28(23)16-14-22-18-29(27-25-22)17-20-5-2-1-3-6-20/h1-3,5-6,8-13,18,23,31H,4,7,14-17H2,(H,26,30)/b13-10+. The van der Waals surface area contributed by atoms with Crippen molar-refractivity contribution in [3.05, 3.63) is 89.3 Å². The number of aromatic nitrogens is 3. The molecule has 7 nitrogen and oxygen atoms in total. The van der Waals surface area contributed by atoms with E-state index in [2.05, 4.69) is 39.5 Å². The molecule has 2 N–H and O–H groups in total. The second-order valence-corrected chi connectivity index (χ2v) is 7.81. The van der Waals surface area contributed by atoms with Gasteiger partial charge in [0.25, 0.3) is 5.91 Å². The Morgan fingerprint density at radius 3 is 2.74 bits per heavy atom. The molecule has 2 aromatic carbocycles. The van der Waals surface area contributed by atoms with Crippen LogP contribution < -0.4 is 5.48 Å². The lowest BCUT2D eigenvalue weighted by Crippen LogP contribution is -2.25. The fraction of sp³-hybridized carbons (Fsp3) is 0.292. The highest BCUT2D eigenvalue weighted by Crippen LogP contribution is 2.32. The molecule has 0 aliphatic carbocycles. The van der Waals surface area contributed by atoms with E-state index in [1.54, 1.807) is 11.6 Å². The molecule has 1 aromatic heterocycles. The van der Waals surface area contributed by atoms with Crippen LogP contribution in [0.1, 0.15) is 41.3 Å². The molecule has 160 valence electrons. The lowest BCUT2D eigenvalue weighted by atomic mass is 10.0. The highest BCUT2D eigenvalue weighted by Gasteiger charge is 2.25. The predicted molar refractivity (Wildman–Crippen MR) is 118 cm³/mol. The Morgan fingerprint density at radius 1 is 1.16 bits per heavy atom. The Labute approximate surface area is 182 Å². The summed E-state index contributed by atoms with van der Waals surface area (Å²) in [6, 6.07) is 18.9. The first-order valence-corrected chi connectivity index (χ1v) is 10.6. The van der Waals surface area contributed by atoms with Crippen molar-refractivity contribution in [1.82, 2.24) is 25.4 Å². The minimum absolute atomic E-state index is 0.401. The number of carbonyl (C=O) groups excluding carboxylic acids is 1. The first-order chi connectivity index (χ1) is 15.2. The van der Waals surface area contributed by atoms with Crippen molar-refractivity contribution in [2.75, 3.05) is 13.1 Å². The van der Waals surface area contributed by atoms with E-state index in [0.29, 0.717) is 6.04 Å². The summed E-state index contributed by atoms with van der Waals surface area (Å²) >= 11 is 0. The first kappa shape index (κ1) is 21.0. The zero-order valence-electron chi connectivity index (χ0n) is 17.4. The number of rotatable bonds is 8. The number of hydrogen-bond acceptors (Lipinski definition) is 5. The number of carbonyl (C=O) groups is 1. The molecular formula is C24H27N5O2. The third kappa shape index (κ3) is 5.65. The van der Waals surface area contributed by atoms with Gasteiger partial charge in [0.15, 0.2) is 0 Å². The zero-order valence-corrected chi connectivity index (χ0v) is 17.4. The monoisotopic (exact) mass is 417 g/mol. The molecule has 1 aliphatic rings. The largest absolute Gasteiger partial charge is 0.296 e. The number of benzene rings is 2. The van der Waals surface area contributed by atoms with Crippen molar-refractivity contribution < 1.29 is 10.0 Å². The van der Waals surface area contributed by atoms with Crippen LogP contribution in [0, 0.1) is 0 Å². The molecule has 2 heterocycles. The molecule has 0 saturated carbocycles. The van der Waals surface area contributed by atoms with E-state index >= 15 is 0 Å². The molecular weight excluding hydrogens is 390 g/mol. The molecule has 1 fully saturated rings. The molecule has 7 heteroatoms. The average Bonchev–Trinajstić information content (AvgIpc) is 3.46. The molecule has 0 spiro atoms. The third-order valence-corrected chi connectivity index (χ3v) is 5.65. The van der Waals surface area contributed by atoms with Gasteiger partial charge in [-0.3, -0.25) is 14.9 Å². The Bertz CT molecular complexity index is 1010. The lowest BCUT2D eigenvalue weighted by Gasteiger charge is -2.24. The average molecular weight is 418 g/mol. The fourth-order valence-electron chi connectivity index (χ4n) is 4.07. The van der Waals surface area contributed by atoms with Gasteiger partial charge in [0.05, 0.1) is 12.2 Å². The topological polar surface area (TPSA) is 83.3 Å². The van der Waals surface area contributed by atoms with E-state index < -0.39 is 5.91 Å². The van der Waals surface area contributed by atoms with Gasteiger partial charge in [-0.2, -0.15) is 0 Å². The van der Waals surface area contributed by atoms with Gasteiger partial charge in [-0.15, -0.1) is 5.10 Å². The van der Waals surface area contributed by atoms with Crippen LogP contribution in [0.4, 0.5) is 0 Å². The number of nitrogens with zero attached hydrogens (tertiary/aromatic N) is 4. The van der Waals surface area contributed by atoms with Gasteiger partial charge in [-0.1, -0.05) is 59.8 Å². The molecule has 1 atom stereocenters. The summed E-state index contributed by atoms with van der Waals surface area (Å²) < 4.78 is 1.90. The van der Waals surface area contributed by atoms with Crippen molar-refractivity contribution in [3.8, 4) is 0 Å². The Hall–Kier alpha value is -3.29. The molecule has 0 bridgehead atoms. The summed E-state index contributed by atoms with van der Waals surface area (Å²) in [4.78, 5) is 13.6.